The molecule has 2 fully saturated rings. The molecule has 0 radical (unpaired) electrons. The zero-order valence-corrected chi connectivity index (χ0v) is 32.4. The molecule has 0 amide bonds. The highest BCUT2D eigenvalue weighted by Gasteiger charge is 2.59. The molecule has 0 spiro atoms. The number of hydrogen-bond acceptors (Lipinski definition) is 5. The predicted molar refractivity (Wildman–Crippen MR) is 212 cm³/mol. The standard InChI is InChI=1S/C47H57F3N2O3/c1-36(53)45(55-44-29-25-42(26-30-44)52(33-39-19-11-5-12-20-39)34-40-21-13-6-14-22-40)46(2,47(48,49)50)35-54-43-27-23-41(24-28-43)51(31-37-15-7-3-8-16-37)32-38-17-9-4-10-18-38/h3-22,41-45H,23-35H2,1-2H3/t41-,42-,43-,44-,45?,46?. The van der Waals surface area contributed by atoms with Gasteiger partial charge >= 0.3 is 6.18 Å². The first-order valence-corrected chi connectivity index (χ1v) is 20.1. The molecule has 0 aromatic heterocycles. The molecule has 2 aliphatic rings. The Balaban J connectivity index is 1.06. The summed E-state index contributed by atoms with van der Waals surface area (Å²) >= 11 is 0. The first-order chi connectivity index (χ1) is 26.6. The number of carbonyl (C=O) groups excluding carboxylic acids is 1. The fraction of sp³-hybridized carbons (Fsp3) is 0.468. The van der Waals surface area contributed by atoms with Crippen molar-refractivity contribution in [3.63, 3.8) is 0 Å². The Hall–Kier alpha value is -3.82. The molecule has 4 aromatic rings. The van der Waals surface area contributed by atoms with Crippen LogP contribution in [-0.4, -0.2) is 58.8 Å². The van der Waals surface area contributed by atoms with Crippen LogP contribution in [0.5, 0.6) is 0 Å². The molecule has 0 bridgehead atoms. The van der Waals surface area contributed by atoms with Crippen LogP contribution in [0, 0.1) is 5.41 Å². The van der Waals surface area contributed by atoms with Crippen molar-refractivity contribution in [2.45, 2.75) is 128 Å². The molecular weight excluding hydrogens is 698 g/mol. The minimum Gasteiger partial charge on any atom is -0.377 e. The van der Waals surface area contributed by atoms with Crippen LogP contribution in [0.4, 0.5) is 13.2 Å². The van der Waals surface area contributed by atoms with Gasteiger partial charge in [0, 0.05) is 38.3 Å². The van der Waals surface area contributed by atoms with Gasteiger partial charge in [0.1, 0.15) is 11.5 Å². The lowest BCUT2D eigenvalue weighted by Gasteiger charge is -2.43. The van der Waals surface area contributed by atoms with Crippen molar-refractivity contribution in [3.8, 4) is 0 Å². The van der Waals surface area contributed by atoms with Crippen molar-refractivity contribution >= 4 is 5.78 Å². The van der Waals surface area contributed by atoms with Crippen LogP contribution < -0.4 is 0 Å². The van der Waals surface area contributed by atoms with Crippen molar-refractivity contribution in [1.82, 2.24) is 9.80 Å². The van der Waals surface area contributed by atoms with Crippen LogP contribution in [0.2, 0.25) is 0 Å². The zero-order chi connectivity index (χ0) is 38.7. The topological polar surface area (TPSA) is 42.0 Å². The normalized spacial score (nSPS) is 22.3. The highest BCUT2D eigenvalue weighted by atomic mass is 19.4. The lowest BCUT2D eigenvalue weighted by atomic mass is 9.81. The number of carbonyl (C=O) groups is 1. The van der Waals surface area contributed by atoms with Gasteiger partial charge < -0.3 is 9.47 Å². The summed E-state index contributed by atoms with van der Waals surface area (Å²) in [5, 5.41) is 0. The summed E-state index contributed by atoms with van der Waals surface area (Å²) in [5.41, 5.74) is 2.45. The average Bonchev–Trinajstić information content (AvgIpc) is 3.20. The number of ether oxygens (including phenoxy) is 2. The Kier molecular flexibility index (Phi) is 14.4. The zero-order valence-electron chi connectivity index (χ0n) is 32.4. The van der Waals surface area contributed by atoms with E-state index in [-0.39, 0.29) is 18.2 Å². The first-order valence-electron chi connectivity index (χ1n) is 20.1. The maximum absolute atomic E-state index is 15.1. The Bertz CT molecular complexity index is 1630. The molecule has 5 nitrogen and oxygen atoms in total. The third-order valence-electron chi connectivity index (χ3n) is 11.8. The molecule has 0 saturated heterocycles. The van der Waals surface area contributed by atoms with Gasteiger partial charge in [-0.25, -0.2) is 0 Å². The van der Waals surface area contributed by atoms with E-state index in [4.69, 9.17) is 9.47 Å². The van der Waals surface area contributed by atoms with Crippen LogP contribution in [0.1, 0.15) is 87.5 Å². The third kappa shape index (κ3) is 11.4. The molecule has 0 heterocycles. The Morgan fingerprint density at radius 2 is 0.909 bits per heavy atom. The van der Waals surface area contributed by atoms with Gasteiger partial charge in [-0.3, -0.25) is 14.6 Å². The Labute approximate surface area is 325 Å². The van der Waals surface area contributed by atoms with Crippen molar-refractivity contribution in [1.29, 1.82) is 0 Å². The van der Waals surface area contributed by atoms with Gasteiger partial charge in [0.2, 0.25) is 0 Å². The lowest BCUT2D eigenvalue weighted by molar-refractivity contribution is -0.276. The summed E-state index contributed by atoms with van der Waals surface area (Å²) in [7, 11) is 0. The van der Waals surface area contributed by atoms with Crippen LogP contribution in [0.25, 0.3) is 0 Å². The largest absolute Gasteiger partial charge is 0.399 e. The van der Waals surface area contributed by atoms with Crippen LogP contribution in [0.15, 0.2) is 121 Å². The fourth-order valence-corrected chi connectivity index (χ4v) is 8.51. The maximum Gasteiger partial charge on any atom is 0.399 e. The lowest BCUT2D eigenvalue weighted by Crippen LogP contribution is -2.54. The van der Waals surface area contributed by atoms with Gasteiger partial charge in [-0.15, -0.1) is 0 Å². The smallest absolute Gasteiger partial charge is 0.377 e. The second-order valence-electron chi connectivity index (χ2n) is 16.0. The van der Waals surface area contributed by atoms with E-state index in [1.165, 1.54) is 29.2 Å². The van der Waals surface area contributed by atoms with E-state index < -0.39 is 36.2 Å². The van der Waals surface area contributed by atoms with Crippen molar-refractivity contribution in [2.75, 3.05) is 6.61 Å². The fourth-order valence-electron chi connectivity index (χ4n) is 8.51. The first kappa shape index (κ1) is 40.8. The second-order valence-corrected chi connectivity index (χ2v) is 16.0. The van der Waals surface area contributed by atoms with E-state index in [0.717, 1.165) is 58.8 Å². The Morgan fingerprint density at radius 3 is 1.22 bits per heavy atom. The molecule has 2 aliphatic carbocycles. The van der Waals surface area contributed by atoms with Crippen molar-refractivity contribution in [2.24, 2.45) is 5.41 Å². The molecule has 6 rings (SSSR count). The molecule has 0 aliphatic heterocycles. The number of benzene rings is 4. The van der Waals surface area contributed by atoms with Crippen molar-refractivity contribution < 1.29 is 27.4 Å². The van der Waals surface area contributed by atoms with E-state index >= 15 is 13.2 Å². The van der Waals surface area contributed by atoms with Gasteiger partial charge in [-0.2, -0.15) is 13.2 Å². The van der Waals surface area contributed by atoms with Gasteiger partial charge in [-0.1, -0.05) is 121 Å². The van der Waals surface area contributed by atoms with Crippen molar-refractivity contribution in [3.05, 3.63) is 144 Å². The monoisotopic (exact) mass is 754 g/mol. The summed E-state index contributed by atoms with van der Waals surface area (Å²) in [4.78, 5) is 18.0. The van der Waals surface area contributed by atoms with E-state index in [2.05, 4.69) is 82.6 Å². The number of rotatable bonds is 17. The molecule has 2 saturated carbocycles. The predicted octanol–water partition coefficient (Wildman–Crippen LogP) is 10.6. The summed E-state index contributed by atoms with van der Waals surface area (Å²) in [6.45, 7) is 4.90. The van der Waals surface area contributed by atoms with Gasteiger partial charge in [0.25, 0.3) is 0 Å². The highest BCUT2D eigenvalue weighted by Crippen LogP contribution is 2.45. The molecule has 0 N–H and O–H groups in total. The van der Waals surface area contributed by atoms with E-state index in [1.54, 1.807) is 0 Å². The summed E-state index contributed by atoms with van der Waals surface area (Å²) < 4.78 is 57.6. The molecule has 2 unspecified atom stereocenters. The van der Waals surface area contributed by atoms with Gasteiger partial charge in [0.05, 0.1) is 18.8 Å². The van der Waals surface area contributed by atoms with Gasteiger partial charge in [0.15, 0.2) is 5.78 Å². The minimum absolute atomic E-state index is 0.250. The molecule has 8 heteroatoms. The number of Topliss-reactive ketones (excluding diaryl/α,β-unsaturated/α-hetero) is 1. The molecule has 294 valence electrons. The molecule has 4 aromatic carbocycles. The molecule has 55 heavy (non-hydrogen) atoms. The maximum atomic E-state index is 15.1. The Morgan fingerprint density at radius 1 is 0.582 bits per heavy atom. The molecule has 2 atom stereocenters. The van der Waals surface area contributed by atoms with Crippen LogP contribution in [-0.2, 0) is 40.4 Å². The third-order valence-corrected chi connectivity index (χ3v) is 11.8. The summed E-state index contributed by atoms with van der Waals surface area (Å²) in [5.74, 6) is -0.610. The van der Waals surface area contributed by atoms with E-state index in [1.807, 2.05) is 48.5 Å². The number of halogens is 3. The van der Waals surface area contributed by atoms with E-state index in [0.29, 0.717) is 25.7 Å². The number of alkyl halides is 3. The van der Waals surface area contributed by atoms with Gasteiger partial charge in [-0.05, 0) is 87.5 Å². The average molecular weight is 755 g/mol. The summed E-state index contributed by atoms with van der Waals surface area (Å²) in [6.07, 6.45) is -1.34. The number of ketones is 1. The van der Waals surface area contributed by atoms with E-state index in [9.17, 15) is 4.79 Å². The second kappa shape index (κ2) is 19.4. The van der Waals surface area contributed by atoms with Crippen LogP contribution in [0.3, 0.4) is 0 Å². The quantitative estimate of drug-likeness (QED) is 0.107. The number of hydrogen-bond donors (Lipinski definition) is 0. The highest BCUT2D eigenvalue weighted by molar-refractivity contribution is 5.81. The summed E-state index contributed by atoms with van der Waals surface area (Å²) in [6, 6.07) is 42.0. The molecular formula is C47H57F3N2O3. The number of nitrogens with zero attached hydrogens (tertiary/aromatic N) is 2. The minimum atomic E-state index is -4.69. The SMILES string of the molecule is CC(=O)C(O[C@H]1CC[C@H](N(Cc2ccccc2)Cc2ccccc2)CC1)C(C)(CO[C@H]1CC[C@H](N(Cc2ccccc2)Cc2ccccc2)CC1)C(F)(F)F. The van der Waals surface area contributed by atoms with Crippen LogP contribution >= 0.6 is 0 Å².